The van der Waals surface area contributed by atoms with Crippen LogP contribution in [-0.4, -0.2) is 29.6 Å². The quantitative estimate of drug-likeness (QED) is 0.724. The van der Waals surface area contributed by atoms with Gasteiger partial charge in [-0.2, -0.15) is 0 Å². The minimum atomic E-state index is -1.04. The zero-order valence-electron chi connectivity index (χ0n) is 13.2. The molecule has 1 aromatic carbocycles. The van der Waals surface area contributed by atoms with Crippen molar-refractivity contribution >= 4 is 18.0 Å². The fraction of sp³-hybridized carbons (Fsp3) is 0.412. The summed E-state index contributed by atoms with van der Waals surface area (Å²) in [5, 5.41) is 11.5. The van der Waals surface area contributed by atoms with Crippen LogP contribution in [0.1, 0.15) is 32.8 Å². The third kappa shape index (κ3) is 5.60. The number of benzene rings is 1. The van der Waals surface area contributed by atoms with E-state index in [1.165, 1.54) is 6.08 Å². The van der Waals surface area contributed by atoms with Crippen molar-refractivity contribution in [1.82, 2.24) is 5.32 Å². The van der Waals surface area contributed by atoms with Crippen LogP contribution in [0.25, 0.3) is 6.08 Å². The third-order valence-electron chi connectivity index (χ3n) is 3.03. The van der Waals surface area contributed by atoms with Gasteiger partial charge >= 0.3 is 5.97 Å². The molecule has 1 rings (SSSR count). The van der Waals surface area contributed by atoms with Crippen LogP contribution in [0.15, 0.2) is 30.3 Å². The molecule has 0 heterocycles. The van der Waals surface area contributed by atoms with Gasteiger partial charge in [0.15, 0.2) is 0 Å². The van der Waals surface area contributed by atoms with Crippen molar-refractivity contribution in [1.29, 1.82) is 0 Å². The second-order valence-corrected chi connectivity index (χ2v) is 5.29. The molecule has 0 aromatic heterocycles. The number of aliphatic carboxylic acids is 1. The van der Waals surface area contributed by atoms with Crippen LogP contribution in [0, 0.1) is 5.92 Å². The third-order valence-corrected chi connectivity index (χ3v) is 3.03. The molecule has 0 aliphatic heterocycles. The fourth-order valence-corrected chi connectivity index (χ4v) is 1.84. The Morgan fingerprint density at radius 3 is 2.59 bits per heavy atom. The van der Waals surface area contributed by atoms with E-state index < -0.39 is 17.9 Å². The zero-order chi connectivity index (χ0) is 16.5. The lowest BCUT2D eigenvalue weighted by Gasteiger charge is -2.16. The molecule has 0 aliphatic rings. The smallest absolute Gasteiger partial charge is 0.326 e. The first kappa shape index (κ1) is 17.8. The van der Waals surface area contributed by atoms with Gasteiger partial charge in [0.1, 0.15) is 11.8 Å². The van der Waals surface area contributed by atoms with Crippen LogP contribution in [0.4, 0.5) is 0 Å². The average molecular weight is 305 g/mol. The van der Waals surface area contributed by atoms with E-state index in [1.807, 2.05) is 31.2 Å². The highest BCUT2D eigenvalue weighted by Gasteiger charge is 2.22. The number of nitrogens with one attached hydrogen (secondary N) is 1. The number of rotatable bonds is 8. The van der Waals surface area contributed by atoms with Crippen LogP contribution >= 0.6 is 0 Å². The molecule has 1 aromatic rings. The normalized spacial score (nSPS) is 12.4. The maximum atomic E-state index is 11.9. The standard InChI is InChI=1S/C17H23NO4/c1-4-11-22-14-8-6-5-7-13(14)9-10-15(19)18-16(12(2)3)17(20)21/h5-10,12,16H,4,11H2,1-3H3,(H,18,19)(H,20,21)/b10-9+/t16-/m0/s1. The van der Waals surface area contributed by atoms with Crippen LogP contribution in [0.2, 0.25) is 0 Å². The van der Waals surface area contributed by atoms with E-state index in [9.17, 15) is 9.59 Å². The topological polar surface area (TPSA) is 75.6 Å². The number of carbonyl (C=O) groups is 2. The average Bonchev–Trinajstić information content (AvgIpc) is 2.48. The molecule has 22 heavy (non-hydrogen) atoms. The lowest BCUT2D eigenvalue weighted by molar-refractivity contribution is -0.142. The Labute approximate surface area is 131 Å². The van der Waals surface area contributed by atoms with Crippen LogP contribution in [-0.2, 0) is 9.59 Å². The molecule has 0 spiro atoms. The molecule has 120 valence electrons. The number of hydrogen-bond acceptors (Lipinski definition) is 3. The number of ether oxygens (including phenoxy) is 1. The van der Waals surface area contributed by atoms with Gasteiger partial charge in [0.2, 0.25) is 5.91 Å². The van der Waals surface area contributed by atoms with Crippen LogP contribution < -0.4 is 10.1 Å². The minimum absolute atomic E-state index is 0.185. The van der Waals surface area contributed by atoms with E-state index >= 15 is 0 Å². The summed E-state index contributed by atoms with van der Waals surface area (Å²) < 4.78 is 5.60. The molecule has 1 atom stereocenters. The number of hydrogen-bond donors (Lipinski definition) is 2. The summed E-state index contributed by atoms with van der Waals surface area (Å²) >= 11 is 0. The Morgan fingerprint density at radius 2 is 2.00 bits per heavy atom. The summed E-state index contributed by atoms with van der Waals surface area (Å²) in [5.74, 6) is -0.961. The van der Waals surface area contributed by atoms with E-state index in [2.05, 4.69) is 5.32 Å². The van der Waals surface area contributed by atoms with Crippen molar-refractivity contribution in [3.05, 3.63) is 35.9 Å². The number of carboxylic acid groups (broad SMARTS) is 1. The molecule has 0 aliphatic carbocycles. The van der Waals surface area contributed by atoms with Gasteiger partial charge in [-0.3, -0.25) is 4.79 Å². The van der Waals surface area contributed by atoms with E-state index in [4.69, 9.17) is 9.84 Å². The predicted octanol–water partition coefficient (Wildman–Crippen LogP) is 2.71. The number of amides is 1. The van der Waals surface area contributed by atoms with Gasteiger partial charge in [-0.15, -0.1) is 0 Å². The highest BCUT2D eigenvalue weighted by atomic mass is 16.5. The van der Waals surface area contributed by atoms with Gasteiger partial charge in [0.25, 0.3) is 0 Å². The molecule has 5 nitrogen and oxygen atoms in total. The van der Waals surface area contributed by atoms with Crippen molar-refractivity contribution in [2.45, 2.75) is 33.2 Å². The Hall–Kier alpha value is -2.30. The van der Waals surface area contributed by atoms with Crippen molar-refractivity contribution < 1.29 is 19.4 Å². The van der Waals surface area contributed by atoms with Crippen molar-refractivity contribution in [2.24, 2.45) is 5.92 Å². The van der Waals surface area contributed by atoms with E-state index in [1.54, 1.807) is 19.9 Å². The second kappa shape index (κ2) is 8.87. The first-order chi connectivity index (χ1) is 10.5. The summed E-state index contributed by atoms with van der Waals surface area (Å²) in [7, 11) is 0. The number of carboxylic acids is 1. The molecule has 0 saturated heterocycles. The van der Waals surface area contributed by atoms with Gasteiger partial charge in [0, 0.05) is 11.6 Å². The molecule has 0 fully saturated rings. The van der Waals surface area contributed by atoms with E-state index in [0.29, 0.717) is 12.4 Å². The SMILES string of the molecule is CCCOc1ccccc1/C=C/C(=O)N[C@H](C(=O)O)C(C)C. The Kier molecular flexibility index (Phi) is 7.16. The number of para-hydroxylation sites is 1. The first-order valence-electron chi connectivity index (χ1n) is 7.39. The van der Waals surface area contributed by atoms with Gasteiger partial charge in [-0.05, 0) is 24.5 Å². The monoisotopic (exact) mass is 305 g/mol. The molecule has 0 radical (unpaired) electrons. The van der Waals surface area contributed by atoms with Gasteiger partial charge in [-0.25, -0.2) is 4.79 Å². The Balaban J connectivity index is 2.75. The van der Waals surface area contributed by atoms with Gasteiger partial charge in [0.05, 0.1) is 6.61 Å². The van der Waals surface area contributed by atoms with Crippen LogP contribution in [0.5, 0.6) is 5.75 Å². The summed E-state index contributed by atoms with van der Waals surface area (Å²) in [6, 6.07) is 6.49. The molecule has 0 unspecified atom stereocenters. The molecule has 1 amide bonds. The summed E-state index contributed by atoms with van der Waals surface area (Å²) in [6.07, 6.45) is 3.85. The molecule has 0 saturated carbocycles. The lowest BCUT2D eigenvalue weighted by Crippen LogP contribution is -2.43. The fourth-order valence-electron chi connectivity index (χ4n) is 1.84. The van der Waals surface area contributed by atoms with Crippen molar-refractivity contribution in [3.63, 3.8) is 0 Å². The van der Waals surface area contributed by atoms with E-state index in [0.717, 1.165) is 12.0 Å². The minimum Gasteiger partial charge on any atom is -0.493 e. The van der Waals surface area contributed by atoms with Crippen molar-refractivity contribution in [2.75, 3.05) is 6.61 Å². The van der Waals surface area contributed by atoms with E-state index in [-0.39, 0.29) is 5.92 Å². The summed E-state index contributed by atoms with van der Waals surface area (Å²) in [4.78, 5) is 22.9. The predicted molar refractivity (Wildman–Crippen MR) is 85.7 cm³/mol. The Bertz CT molecular complexity index is 537. The van der Waals surface area contributed by atoms with Crippen LogP contribution in [0.3, 0.4) is 0 Å². The first-order valence-corrected chi connectivity index (χ1v) is 7.39. The Morgan fingerprint density at radius 1 is 1.32 bits per heavy atom. The van der Waals surface area contributed by atoms with Crippen molar-refractivity contribution in [3.8, 4) is 5.75 Å². The largest absolute Gasteiger partial charge is 0.493 e. The highest BCUT2D eigenvalue weighted by molar-refractivity contribution is 5.94. The summed E-state index contributed by atoms with van der Waals surface area (Å²) in [5.41, 5.74) is 0.780. The maximum absolute atomic E-state index is 11.9. The molecular formula is C17H23NO4. The summed E-state index contributed by atoms with van der Waals surface area (Å²) in [6.45, 7) is 6.11. The maximum Gasteiger partial charge on any atom is 0.326 e. The molecule has 5 heteroatoms. The van der Waals surface area contributed by atoms with Gasteiger partial charge in [-0.1, -0.05) is 39.0 Å². The van der Waals surface area contributed by atoms with Gasteiger partial charge < -0.3 is 15.2 Å². The molecule has 0 bridgehead atoms. The molecular weight excluding hydrogens is 282 g/mol. The zero-order valence-corrected chi connectivity index (χ0v) is 13.2. The number of carbonyl (C=O) groups excluding carboxylic acids is 1. The lowest BCUT2D eigenvalue weighted by atomic mass is 10.0. The highest BCUT2D eigenvalue weighted by Crippen LogP contribution is 2.19. The second-order valence-electron chi connectivity index (χ2n) is 5.29. The molecule has 2 N–H and O–H groups in total.